The van der Waals surface area contributed by atoms with Gasteiger partial charge >= 0.3 is 0 Å². The Morgan fingerprint density at radius 2 is 2.30 bits per heavy atom. The van der Waals surface area contributed by atoms with E-state index in [4.69, 9.17) is 0 Å². The summed E-state index contributed by atoms with van der Waals surface area (Å²) in [7, 11) is 0. The Hall–Kier alpha value is -1.62. The van der Waals surface area contributed by atoms with E-state index in [1.165, 1.54) is 0 Å². The van der Waals surface area contributed by atoms with E-state index in [2.05, 4.69) is 40.4 Å². The second-order valence-electron chi connectivity index (χ2n) is 5.13. The van der Waals surface area contributed by atoms with E-state index in [0.29, 0.717) is 6.54 Å². The van der Waals surface area contributed by atoms with Gasteiger partial charge in [0.25, 0.3) is 0 Å². The topological polar surface area (TPSA) is 57.3 Å². The summed E-state index contributed by atoms with van der Waals surface area (Å²) in [5.41, 5.74) is 2.06. The minimum absolute atomic E-state index is 0.0809. The van der Waals surface area contributed by atoms with Crippen LogP contribution < -0.4 is 15.5 Å². The Morgan fingerprint density at radius 3 is 2.90 bits per heavy atom. The first-order valence-electron chi connectivity index (χ1n) is 7.41. The molecule has 1 amide bonds. The van der Waals surface area contributed by atoms with Crippen molar-refractivity contribution >= 4 is 11.6 Å². The van der Waals surface area contributed by atoms with Crippen molar-refractivity contribution in [3.63, 3.8) is 0 Å². The molecule has 0 radical (unpaired) electrons. The first-order chi connectivity index (χ1) is 9.67. The van der Waals surface area contributed by atoms with Crippen LogP contribution in [-0.2, 0) is 4.79 Å². The Labute approximate surface area is 120 Å². The van der Waals surface area contributed by atoms with Gasteiger partial charge in [-0.2, -0.15) is 0 Å². The fourth-order valence-electron chi connectivity index (χ4n) is 2.66. The highest BCUT2D eigenvalue weighted by Crippen LogP contribution is 2.21. The van der Waals surface area contributed by atoms with Crippen LogP contribution in [0.3, 0.4) is 0 Å². The molecular formula is C15H24N4O. The fourth-order valence-corrected chi connectivity index (χ4v) is 2.66. The second-order valence-corrected chi connectivity index (χ2v) is 5.13. The number of rotatable bonds is 5. The summed E-state index contributed by atoms with van der Waals surface area (Å²) in [4.78, 5) is 18.6. The van der Waals surface area contributed by atoms with E-state index < -0.39 is 0 Å². The summed E-state index contributed by atoms with van der Waals surface area (Å²) in [6, 6.07) is 4.28. The predicted octanol–water partition coefficient (Wildman–Crippen LogP) is 1.47. The molecule has 1 fully saturated rings. The first-order valence-corrected chi connectivity index (χ1v) is 7.41. The number of carbonyl (C=O) groups excluding carboxylic acids is 1. The molecule has 0 aliphatic carbocycles. The lowest BCUT2D eigenvalue weighted by molar-refractivity contribution is -0.123. The van der Waals surface area contributed by atoms with Crippen LogP contribution in [0.2, 0.25) is 0 Å². The molecule has 2 heterocycles. The Morgan fingerprint density at radius 1 is 1.50 bits per heavy atom. The molecule has 0 bridgehead atoms. The molecule has 5 heteroatoms. The molecule has 0 spiro atoms. The zero-order valence-electron chi connectivity index (χ0n) is 12.5. The molecule has 2 rings (SSSR count). The summed E-state index contributed by atoms with van der Waals surface area (Å²) in [5, 5.41) is 6.27. The van der Waals surface area contributed by atoms with Gasteiger partial charge in [-0.15, -0.1) is 0 Å². The van der Waals surface area contributed by atoms with Crippen molar-refractivity contribution in [3.8, 4) is 0 Å². The third-order valence-electron chi connectivity index (χ3n) is 3.77. The molecule has 110 valence electrons. The highest BCUT2D eigenvalue weighted by atomic mass is 16.2. The lowest BCUT2D eigenvalue weighted by atomic mass is 10.1. The van der Waals surface area contributed by atoms with Gasteiger partial charge in [-0.3, -0.25) is 9.78 Å². The second kappa shape index (κ2) is 6.70. The quantitative estimate of drug-likeness (QED) is 0.855. The van der Waals surface area contributed by atoms with E-state index in [1.54, 1.807) is 0 Å². The van der Waals surface area contributed by atoms with Crippen LogP contribution in [0.25, 0.3) is 0 Å². The van der Waals surface area contributed by atoms with Crippen molar-refractivity contribution in [2.24, 2.45) is 0 Å². The summed E-state index contributed by atoms with van der Waals surface area (Å²) in [5.74, 6) is 0.115. The zero-order chi connectivity index (χ0) is 14.5. The minimum Gasteiger partial charge on any atom is -0.357 e. The van der Waals surface area contributed by atoms with E-state index in [1.807, 2.05) is 19.2 Å². The number of pyridine rings is 1. The monoisotopic (exact) mass is 276 g/mol. The van der Waals surface area contributed by atoms with Gasteiger partial charge < -0.3 is 15.5 Å². The number of amides is 1. The number of piperazine rings is 1. The van der Waals surface area contributed by atoms with Gasteiger partial charge in [0.05, 0.1) is 17.6 Å². The van der Waals surface area contributed by atoms with E-state index >= 15 is 0 Å². The van der Waals surface area contributed by atoms with Crippen LogP contribution in [-0.4, -0.2) is 36.6 Å². The lowest BCUT2D eigenvalue weighted by Crippen LogP contribution is -2.55. The van der Waals surface area contributed by atoms with Gasteiger partial charge in [0.1, 0.15) is 6.04 Å². The summed E-state index contributed by atoms with van der Waals surface area (Å²) in [6.45, 7) is 8.70. The molecule has 20 heavy (non-hydrogen) atoms. The maximum absolute atomic E-state index is 11.9. The number of hydrogen-bond donors (Lipinski definition) is 2. The van der Waals surface area contributed by atoms with E-state index in [0.717, 1.165) is 30.9 Å². The van der Waals surface area contributed by atoms with Crippen LogP contribution in [0.15, 0.2) is 18.3 Å². The molecule has 1 aromatic heterocycles. The fraction of sp³-hybridized carbons (Fsp3) is 0.600. The third-order valence-corrected chi connectivity index (χ3v) is 3.77. The molecule has 0 saturated carbocycles. The van der Waals surface area contributed by atoms with Crippen molar-refractivity contribution in [3.05, 3.63) is 24.0 Å². The van der Waals surface area contributed by atoms with Gasteiger partial charge in [0.15, 0.2) is 0 Å². The molecule has 0 aromatic carbocycles. The summed E-state index contributed by atoms with van der Waals surface area (Å²) in [6.07, 6.45) is 2.69. The van der Waals surface area contributed by atoms with Gasteiger partial charge in [-0.25, -0.2) is 0 Å². The van der Waals surface area contributed by atoms with Crippen LogP contribution in [0.5, 0.6) is 0 Å². The SMILES string of the molecule is CCNC(C)c1ccc(N2CCNC(=O)C2CC)cn1. The van der Waals surface area contributed by atoms with Crippen molar-refractivity contribution in [1.82, 2.24) is 15.6 Å². The summed E-state index contributed by atoms with van der Waals surface area (Å²) < 4.78 is 0. The van der Waals surface area contributed by atoms with Crippen molar-refractivity contribution in [2.45, 2.75) is 39.3 Å². The van der Waals surface area contributed by atoms with Crippen LogP contribution >= 0.6 is 0 Å². The molecular weight excluding hydrogens is 252 g/mol. The summed E-state index contributed by atoms with van der Waals surface area (Å²) >= 11 is 0. The predicted molar refractivity (Wildman–Crippen MR) is 80.8 cm³/mol. The molecule has 1 aliphatic rings. The minimum atomic E-state index is -0.0809. The first kappa shape index (κ1) is 14.8. The van der Waals surface area contributed by atoms with Gasteiger partial charge in [0.2, 0.25) is 5.91 Å². The maximum atomic E-state index is 11.9. The Balaban J connectivity index is 2.14. The van der Waals surface area contributed by atoms with E-state index in [9.17, 15) is 4.79 Å². The Kier molecular flexibility index (Phi) is 4.95. The van der Waals surface area contributed by atoms with Crippen LogP contribution in [0.4, 0.5) is 5.69 Å². The van der Waals surface area contributed by atoms with E-state index in [-0.39, 0.29) is 18.0 Å². The lowest BCUT2D eigenvalue weighted by Gasteiger charge is -2.36. The molecule has 1 saturated heterocycles. The number of carbonyl (C=O) groups is 1. The average molecular weight is 276 g/mol. The van der Waals surface area contributed by atoms with Crippen LogP contribution in [0, 0.1) is 0 Å². The molecule has 2 unspecified atom stereocenters. The van der Waals surface area contributed by atoms with Crippen LogP contribution in [0.1, 0.15) is 38.9 Å². The Bertz CT molecular complexity index is 446. The number of nitrogens with zero attached hydrogens (tertiary/aromatic N) is 2. The molecule has 5 nitrogen and oxygen atoms in total. The van der Waals surface area contributed by atoms with Gasteiger partial charge in [0, 0.05) is 19.1 Å². The zero-order valence-corrected chi connectivity index (χ0v) is 12.5. The van der Waals surface area contributed by atoms with Crippen molar-refractivity contribution in [2.75, 3.05) is 24.5 Å². The normalized spacial score (nSPS) is 20.6. The van der Waals surface area contributed by atoms with Crippen molar-refractivity contribution < 1.29 is 4.79 Å². The molecule has 1 aliphatic heterocycles. The maximum Gasteiger partial charge on any atom is 0.242 e. The number of aromatic nitrogens is 1. The standard InChI is InChI=1S/C15H24N4O/c1-4-14-15(20)17-8-9-19(14)12-6-7-13(18-10-12)11(3)16-5-2/h6-7,10-11,14,16H,4-5,8-9H2,1-3H3,(H,17,20). The highest BCUT2D eigenvalue weighted by molar-refractivity contribution is 5.86. The largest absolute Gasteiger partial charge is 0.357 e. The molecule has 2 N–H and O–H groups in total. The molecule has 1 aromatic rings. The van der Waals surface area contributed by atoms with Gasteiger partial charge in [-0.05, 0) is 32.0 Å². The number of nitrogens with one attached hydrogen (secondary N) is 2. The van der Waals surface area contributed by atoms with Gasteiger partial charge in [-0.1, -0.05) is 13.8 Å². The third kappa shape index (κ3) is 3.10. The molecule has 2 atom stereocenters. The van der Waals surface area contributed by atoms with Crippen molar-refractivity contribution in [1.29, 1.82) is 0 Å². The number of hydrogen-bond acceptors (Lipinski definition) is 4. The average Bonchev–Trinajstić information content (AvgIpc) is 2.47. The number of anilines is 1. The smallest absolute Gasteiger partial charge is 0.242 e. The highest BCUT2D eigenvalue weighted by Gasteiger charge is 2.28.